The zero-order valence-corrected chi connectivity index (χ0v) is 18.1. The van der Waals surface area contributed by atoms with Gasteiger partial charge in [-0.2, -0.15) is 10.5 Å². The maximum Gasteiger partial charge on any atom is 0.340 e. The summed E-state index contributed by atoms with van der Waals surface area (Å²) < 4.78 is 20.6. The molecule has 1 heterocycles. The van der Waals surface area contributed by atoms with Crippen molar-refractivity contribution in [3.63, 3.8) is 0 Å². The fourth-order valence-electron chi connectivity index (χ4n) is 2.77. The lowest BCUT2D eigenvalue weighted by atomic mass is 10.1. The summed E-state index contributed by atoms with van der Waals surface area (Å²) in [4.78, 5) is 38.9. The molecule has 0 bridgehead atoms. The molecule has 0 radical (unpaired) electrons. The number of nitrogens with zero attached hydrogens (tertiary/aromatic N) is 3. The van der Waals surface area contributed by atoms with E-state index in [1.165, 1.54) is 49.6 Å². The SMILES string of the molecule is COc1cc(NC(=O)c2ccco2)c(C(=O)OCC(=O)N(CCC#N)CCC#N)cc1OC. The quantitative estimate of drug-likeness (QED) is 0.504. The van der Waals surface area contributed by atoms with Gasteiger partial charge in [-0.05, 0) is 12.1 Å². The van der Waals surface area contributed by atoms with Crippen LogP contribution in [0.3, 0.4) is 0 Å². The lowest BCUT2D eigenvalue weighted by molar-refractivity contribution is -0.134. The number of carbonyl (C=O) groups is 3. The first-order valence-electron chi connectivity index (χ1n) is 9.74. The van der Waals surface area contributed by atoms with Crippen LogP contribution < -0.4 is 14.8 Å². The zero-order valence-electron chi connectivity index (χ0n) is 18.1. The number of nitriles is 2. The van der Waals surface area contributed by atoms with Crippen LogP contribution >= 0.6 is 0 Å². The maximum absolute atomic E-state index is 12.8. The number of nitrogens with one attached hydrogen (secondary N) is 1. The number of ether oxygens (including phenoxy) is 3. The summed E-state index contributed by atoms with van der Waals surface area (Å²) in [6.45, 7) is -0.402. The lowest BCUT2D eigenvalue weighted by Crippen LogP contribution is -2.36. The van der Waals surface area contributed by atoms with Crippen LogP contribution in [0.1, 0.15) is 33.8 Å². The number of methoxy groups -OCH3 is 2. The molecule has 172 valence electrons. The first-order valence-corrected chi connectivity index (χ1v) is 9.74. The van der Waals surface area contributed by atoms with E-state index in [1.807, 2.05) is 12.1 Å². The van der Waals surface area contributed by atoms with Crippen molar-refractivity contribution in [1.29, 1.82) is 10.5 Å². The molecule has 11 nitrogen and oxygen atoms in total. The van der Waals surface area contributed by atoms with Crippen molar-refractivity contribution in [2.45, 2.75) is 12.8 Å². The standard InChI is InChI=1S/C22H22N4O7/c1-30-18-12-15(16(13-19(18)31-2)25-21(28)17-6-3-11-32-17)22(29)33-14-20(27)26(9-4-7-23)10-5-8-24/h3,6,11-13H,4-5,9-10,14H2,1-2H3,(H,25,28). The van der Waals surface area contributed by atoms with Crippen molar-refractivity contribution >= 4 is 23.5 Å². The molecule has 0 fully saturated rings. The van der Waals surface area contributed by atoms with Crippen LogP contribution in [0.5, 0.6) is 11.5 Å². The summed E-state index contributed by atoms with van der Waals surface area (Å²) in [5, 5.41) is 20.1. The number of benzene rings is 1. The van der Waals surface area contributed by atoms with Gasteiger partial charge in [0.1, 0.15) is 0 Å². The van der Waals surface area contributed by atoms with E-state index in [2.05, 4.69) is 5.32 Å². The van der Waals surface area contributed by atoms with Gasteiger partial charge < -0.3 is 28.8 Å². The number of anilines is 1. The predicted octanol–water partition coefficient (Wildman–Crippen LogP) is 2.36. The Bertz CT molecular complexity index is 1050. The van der Waals surface area contributed by atoms with Crippen molar-refractivity contribution < 1.29 is 33.0 Å². The molecule has 11 heteroatoms. The highest BCUT2D eigenvalue weighted by atomic mass is 16.5. The third-order valence-corrected chi connectivity index (χ3v) is 4.40. The largest absolute Gasteiger partial charge is 0.493 e. The third-order valence-electron chi connectivity index (χ3n) is 4.40. The molecule has 0 unspecified atom stereocenters. The summed E-state index contributed by atoms with van der Waals surface area (Å²) in [5.41, 5.74) is -0.0294. The first-order chi connectivity index (χ1) is 15.9. The minimum Gasteiger partial charge on any atom is -0.493 e. The molecule has 1 N–H and O–H groups in total. The average Bonchev–Trinajstić information content (AvgIpc) is 3.37. The second-order valence-electron chi connectivity index (χ2n) is 6.46. The number of hydrogen-bond acceptors (Lipinski definition) is 9. The van der Waals surface area contributed by atoms with E-state index in [9.17, 15) is 14.4 Å². The van der Waals surface area contributed by atoms with E-state index in [1.54, 1.807) is 0 Å². The van der Waals surface area contributed by atoms with E-state index in [4.69, 9.17) is 29.2 Å². The Hall–Kier alpha value is -4.51. The van der Waals surface area contributed by atoms with Crippen LogP contribution in [-0.4, -0.2) is 56.6 Å². The van der Waals surface area contributed by atoms with Crippen LogP contribution in [0.15, 0.2) is 34.9 Å². The van der Waals surface area contributed by atoms with E-state index in [-0.39, 0.29) is 54.4 Å². The van der Waals surface area contributed by atoms with Gasteiger partial charge in [-0.25, -0.2) is 4.79 Å². The highest BCUT2D eigenvalue weighted by molar-refractivity contribution is 6.07. The Labute approximate surface area is 190 Å². The summed E-state index contributed by atoms with van der Waals surface area (Å²) in [6.07, 6.45) is 1.47. The molecular weight excluding hydrogens is 432 g/mol. The van der Waals surface area contributed by atoms with Gasteiger partial charge in [-0.15, -0.1) is 0 Å². The van der Waals surface area contributed by atoms with Crippen molar-refractivity contribution in [2.24, 2.45) is 0 Å². The molecule has 0 saturated carbocycles. The molecule has 0 aliphatic rings. The molecule has 2 rings (SSSR count). The summed E-state index contributed by atoms with van der Waals surface area (Å²) >= 11 is 0. The number of amides is 2. The van der Waals surface area contributed by atoms with Gasteiger partial charge in [-0.3, -0.25) is 9.59 Å². The third kappa shape index (κ3) is 6.74. The van der Waals surface area contributed by atoms with Crippen molar-refractivity contribution in [2.75, 3.05) is 39.2 Å². The minimum atomic E-state index is -0.903. The number of carbonyl (C=O) groups excluding carboxylic acids is 3. The Morgan fingerprint density at radius 3 is 2.24 bits per heavy atom. The summed E-state index contributed by atoms with van der Waals surface area (Å²) in [5.74, 6) is -1.60. The molecule has 33 heavy (non-hydrogen) atoms. The number of rotatable bonds is 11. The van der Waals surface area contributed by atoms with Gasteiger partial charge in [0.25, 0.3) is 11.8 Å². The lowest BCUT2D eigenvalue weighted by Gasteiger charge is -2.20. The van der Waals surface area contributed by atoms with Crippen LogP contribution in [0, 0.1) is 22.7 Å². The molecule has 0 aliphatic carbocycles. The second-order valence-corrected chi connectivity index (χ2v) is 6.46. The van der Waals surface area contributed by atoms with Gasteiger partial charge in [0.15, 0.2) is 23.9 Å². The van der Waals surface area contributed by atoms with E-state index >= 15 is 0 Å². The van der Waals surface area contributed by atoms with Gasteiger partial charge in [0.05, 0.1) is 56.7 Å². The smallest absolute Gasteiger partial charge is 0.340 e. The van der Waals surface area contributed by atoms with Crippen LogP contribution in [0.4, 0.5) is 5.69 Å². The van der Waals surface area contributed by atoms with Crippen molar-refractivity contribution in [3.8, 4) is 23.6 Å². The highest BCUT2D eigenvalue weighted by Crippen LogP contribution is 2.34. The average molecular weight is 454 g/mol. The van der Waals surface area contributed by atoms with Crippen LogP contribution in [0.25, 0.3) is 0 Å². The molecule has 2 amide bonds. The highest BCUT2D eigenvalue weighted by Gasteiger charge is 2.23. The second kappa shape index (κ2) is 12.4. The number of esters is 1. The van der Waals surface area contributed by atoms with E-state index in [0.717, 1.165) is 0 Å². The number of furan rings is 1. The molecule has 0 saturated heterocycles. The van der Waals surface area contributed by atoms with Gasteiger partial charge >= 0.3 is 5.97 Å². The first kappa shape index (κ1) is 24.8. The fourth-order valence-corrected chi connectivity index (χ4v) is 2.77. The van der Waals surface area contributed by atoms with E-state index < -0.39 is 24.4 Å². The van der Waals surface area contributed by atoms with Gasteiger partial charge in [0, 0.05) is 25.2 Å². The molecule has 0 aliphatic heterocycles. The maximum atomic E-state index is 12.8. The number of hydrogen-bond donors (Lipinski definition) is 1. The van der Waals surface area contributed by atoms with Gasteiger partial charge in [0.2, 0.25) is 0 Å². The predicted molar refractivity (Wildman–Crippen MR) is 114 cm³/mol. The molecule has 2 aromatic rings. The molecule has 0 atom stereocenters. The topological polar surface area (TPSA) is 155 Å². The fraction of sp³-hybridized carbons (Fsp3) is 0.318. The Morgan fingerprint density at radius 1 is 1.06 bits per heavy atom. The molecule has 1 aromatic heterocycles. The minimum absolute atomic E-state index is 0.0184. The van der Waals surface area contributed by atoms with E-state index in [0.29, 0.717) is 0 Å². The van der Waals surface area contributed by atoms with Gasteiger partial charge in [-0.1, -0.05) is 0 Å². The molecule has 0 spiro atoms. The Balaban J connectivity index is 2.22. The monoisotopic (exact) mass is 454 g/mol. The van der Waals surface area contributed by atoms with Crippen LogP contribution in [0.2, 0.25) is 0 Å². The Morgan fingerprint density at radius 2 is 1.70 bits per heavy atom. The Kier molecular flexibility index (Phi) is 9.28. The summed E-state index contributed by atoms with van der Waals surface area (Å²) in [7, 11) is 2.77. The normalized spacial score (nSPS) is 9.82. The summed E-state index contributed by atoms with van der Waals surface area (Å²) in [6, 6.07) is 9.52. The van der Waals surface area contributed by atoms with Crippen molar-refractivity contribution in [3.05, 3.63) is 41.9 Å². The zero-order chi connectivity index (χ0) is 24.2. The molecule has 1 aromatic carbocycles. The molecular formula is C22H22N4O7. The van der Waals surface area contributed by atoms with Crippen LogP contribution in [-0.2, 0) is 9.53 Å². The van der Waals surface area contributed by atoms with Crippen molar-refractivity contribution in [1.82, 2.24) is 4.90 Å².